The lowest BCUT2D eigenvalue weighted by Gasteiger charge is -2.38. The smallest absolute Gasteiger partial charge is 0.157 e. The van der Waals surface area contributed by atoms with Crippen molar-refractivity contribution in [2.45, 2.75) is 44.9 Å². The first-order valence-corrected chi connectivity index (χ1v) is 5.47. The van der Waals surface area contributed by atoms with Crippen LogP contribution in [-0.4, -0.2) is 5.78 Å². The fourth-order valence-electron chi connectivity index (χ4n) is 2.72. The van der Waals surface area contributed by atoms with Crippen LogP contribution in [0.2, 0.25) is 0 Å². The summed E-state index contributed by atoms with van der Waals surface area (Å²) < 4.78 is 0. The maximum atomic E-state index is 11.4. The molecule has 0 atom stereocenters. The molecule has 1 spiro atoms. The summed E-state index contributed by atoms with van der Waals surface area (Å²) in [6.45, 7) is 0. The van der Waals surface area contributed by atoms with Gasteiger partial charge in [0, 0.05) is 11.5 Å². The monoisotopic (exact) mass is 198 g/mol. The second-order valence-corrected chi connectivity index (χ2v) is 4.96. The topological polar surface area (TPSA) is 17.1 Å². The highest BCUT2D eigenvalue weighted by atomic mass is 35.5. The number of ketones is 1. The van der Waals surface area contributed by atoms with Gasteiger partial charge in [0.15, 0.2) is 5.78 Å². The van der Waals surface area contributed by atoms with E-state index in [0.717, 1.165) is 17.9 Å². The van der Waals surface area contributed by atoms with Crippen molar-refractivity contribution < 1.29 is 4.79 Å². The van der Waals surface area contributed by atoms with Gasteiger partial charge in [-0.05, 0) is 30.8 Å². The van der Waals surface area contributed by atoms with E-state index in [4.69, 9.17) is 11.6 Å². The summed E-state index contributed by atoms with van der Waals surface area (Å²) in [6, 6.07) is 0. The SMILES string of the molecule is O=C1C=C(Cl)CC2(CCCCC2)C1. The van der Waals surface area contributed by atoms with Crippen LogP contribution in [-0.2, 0) is 4.79 Å². The zero-order valence-electron chi connectivity index (χ0n) is 7.81. The molecule has 1 fully saturated rings. The van der Waals surface area contributed by atoms with Gasteiger partial charge in [-0.1, -0.05) is 30.9 Å². The van der Waals surface area contributed by atoms with Gasteiger partial charge in [-0.15, -0.1) is 0 Å². The number of hydrogen-bond acceptors (Lipinski definition) is 1. The molecule has 0 saturated heterocycles. The minimum Gasteiger partial charge on any atom is -0.295 e. The zero-order valence-corrected chi connectivity index (χ0v) is 8.57. The Kier molecular flexibility index (Phi) is 2.46. The normalized spacial score (nSPS) is 27.5. The van der Waals surface area contributed by atoms with Crippen molar-refractivity contribution in [2.24, 2.45) is 5.41 Å². The number of carbonyl (C=O) groups excluding carboxylic acids is 1. The molecule has 2 aliphatic carbocycles. The molecule has 0 aromatic carbocycles. The molecule has 2 aliphatic rings. The van der Waals surface area contributed by atoms with Gasteiger partial charge in [-0.3, -0.25) is 4.79 Å². The zero-order chi connectivity index (χ0) is 9.31. The average molecular weight is 199 g/mol. The molecule has 0 unspecified atom stereocenters. The molecule has 0 aromatic heterocycles. The van der Waals surface area contributed by atoms with E-state index in [1.807, 2.05) is 0 Å². The number of rotatable bonds is 0. The molecule has 72 valence electrons. The Labute approximate surface area is 84.2 Å². The van der Waals surface area contributed by atoms with Gasteiger partial charge in [0.2, 0.25) is 0 Å². The van der Waals surface area contributed by atoms with E-state index in [1.165, 1.54) is 32.1 Å². The van der Waals surface area contributed by atoms with Gasteiger partial charge in [0.25, 0.3) is 0 Å². The maximum Gasteiger partial charge on any atom is 0.157 e. The first-order chi connectivity index (χ1) is 6.20. The summed E-state index contributed by atoms with van der Waals surface area (Å²) in [5, 5.41) is 0.776. The van der Waals surface area contributed by atoms with Crippen LogP contribution in [0.4, 0.5) is 0 Å². The van der Waals surface area contributed by atoms with Crippen LogP contribution in [0, 0.1) is 5.41 Å². The minimum atomic E-state index is 0.234. The molecule has 2 rings (SSSR count). The van der Waals surface area contributed by atoms with E-state index >= 15 is 0 Å². The lowest BCUT2D eigenvalue weighted by Crippen LogP contribution is -2.29. The fourth-order valence-corrected chi connectivity index (χ4v) is 3.13. The van der Waals surface area contributed by atoms with Gasteiger partial charge >= 0.3 is 0 Å². The number of halogens is 1. The molecule has 1 nitrogen and oxygen atoms in total. The first-order valence-electron chi connectivity index (χ1n) is 5.09. The summed E-state index contributed by atoms with van der Waals surface area (Å²) in [4.78, 5) is 11.4. The van der Waals surface area contributed by atoms with E-state index in [0.29, 0.717) is 0 Å². The van der Waals surface area contributed by atoms with Crippen LogP contribution in [0.25, 0.3) is 0 Å². The van der Waals surface area contributed by atoms with Gasteiger partial charge in [-0.25, -0.2) is 0 Å². The van der Waals surface area contributed by atoms with Crippen molar-refractivity contribution in [1.82, 2.24) is 0 Å². The Morgan fingerprint density at radius 1 is 1.15 bits per heavy atom. The second-order valence-electron chi connectivity index (χ2n) is 4.47. The van der Waals surface area contributed by atoms with Crippen LogP contribution in [0.15, 0.2) is 11.1 Å². The van der Waals surface area contributed by atoms with Crippen molar-refractivity contribution in [3.63, 3.8) is 0 Å². The van der Waals surface area contributed by atoms with Crippen molar-refractivity contribution in [3.8, 4) is 0 Å². The third-order valence-corrected chi connectivity index (χ3v) is 3.57. The van der Waals surface area contributed by atoms with Gasteiger partial charge in [0.05, 0.1) is 0 Å². The summed E-state index contributed by atoms with van der Waals surface area (Å²) in [5.41, 5.74) is 0.251. The molecule has 13 heavy (non-hydrogen) atoms. The highest BCUT2D eigenvalue weighted by molar-refractivity contribution is 6.31. The quantitative estimate of drug-likeness (QED) is 0.583. The largest absolute Gasteiger partial charge is 0.295 e. The summed E-state index contributed by atoms with van der Waals surface area (Å²) in [6.07, 6.45) is 9.57. The standard InChI is InChI=1S/C11H15ClO/c12-9-6-10(13)8-11(7-9)4-2-1-3-5-11/h6H,1-5,7-8H2. The third-order valence-electron chi connectivity index (χ3n) is 3.32. The molecular weight excluding hydrogens is 184 g/mol. The molecule has 0 heterocycles. The third kappa shape index (κ3) is 1.96. The molecule has 0 radical (unpaired) electrons. The first kappa shape index (κ1) is 9.26. The van der Waals surface area contributed by atoms with Crippen LogP contribution >= 0.6 is 11.6 Å². The van der Waals surface area contributed by atoms with Gasteiger partial charge < -0.3 is 0 Å². The average Bonchev–Trinajstić information content (AvgIpc) is 2.02. The highest BCUT2D eigenvalue weighted by Crippen LogP contribution is 2.47. The molecular formula is C11H15ClO. The summed E-state index contributed by atoms with van der Waals surface area (Å²) in [7, 11) is 0. The van der Waals surface area contributed by atoms with E-state index < -0.39 is 0 Å². The molecule has 1 saturated carbocycles. The molecule has 0 N–H and O–H groups in total. The van der Waals surface area contributed by atoms with Crippen LogP contribution < -0.4 is 0 Å². The minimum absolute atomic E-state index is 0.234. The lowest BCUT2D eigenvalue weighted by atomic mass is 9.67. The van der Waals surface area contributed by atoms with E-state index in [9.17, 15) is 4.79 Å². The highest BCUT2D eigenvalue weighted by Gasteiger charge is 2.36. The number of hydrogen-bond donors (Lipinski definition) is 0. The van der Waals surface area contributed by atoms with Crippen molar-refractivity contribution in [3.05, 3.63) is 11.1 Å². The van der Waals surface area contributed by atoms with Crippen LogP contribution in [0.1, 0.15) is 44.9 Å². The molecule has 0 aliphatic heterocycles. The Hall–Kier alpha value is -0.300. The summed E-state index contributed by atoms with van der Waals surface area (Å²) >= 11 is 5.97. The van der Waals surface area contributed by atoms with Crippen molar-refractivity contribution >= 4 is 17.4 Å². The fraction of sp³-hybridized carbons (Fsp3) is 0.727. The Morgan fingerprint density at radius 2 is 1.85 bits per heavy atom. The Morgan fingerprint density at radius 3 is 2.46 bits per heavy atom. The van der Waals surface area contributed by atoms with Gasteiger partial charge in [0.1, 0.15) is 0 Å². The van der Waals surface area contributed by atoms with Crippen molar-refractivity contribution in [1.29, 1.82) is 0 Å². The van der Waals surface area contributed by atoms with Crippen LogP contribution in [0.5, 0.6) is 0 Å². The number of allylic oxidation sites excluding steroid dienone is 2. The van der Waals surface area contributed by atoms with E-state index in [-0.39, 0.29) is 11.2 Å². The molecule has 0 bridgehead atoms. The Bertz CT molecular complexity index is 249. The van der Waals surface area contributed by atoms with Gasteiger partial charge in [-0.2, -0.15) is 0 Å². The van der Waals surface area contributed by atoms with E-state index in [2.05, 4.69) is 0 Å². The van der Waals surface area contributed by atoms with Crippen LogP contribution in [0.3, 0.4) is 0 Å². The predicted octanol–water partition coefficient (Wildman–Crippen LogP) is 3.42. The second kappa shape index (κ2) is 3.45. The lowest BCUT2D eigenvalue weighted by molar-refractivity contribution is -0.118. The molecule has 0 amide bonds. The number of carbonyl (C=O) groups is 1. The summed E-state index contributed by atoms with van der Waals surface area (Å²) in [5.74, 6) is 0.234. The van der Waals surface area contributed by atoms with Crippen molar-refractivity contribution in [2.75, 3.05) is 0 Å². The predicted molar refractivity (Wildman–Crippen MR) is 53.7 cm³/mol. The maximum absolute atomic E-state index is 11.4. The molecule has 2 heteroatoms. The molecule has 0 aromatic rings. The Balaban J connectivity index is 2.15. The van der Waals surface area contributed by atoms with E-state index in [1.54, 1.807) is 6.08 Å².